The fourth-order valence-corrected chi connectivity index (χ4v) is 5.96. The maximum absolute atomic E-state index is 13.2. The predicted octanol–water partition coefficient (Wildman–Crippen LogP) is 5.96. The van der Waals surface area contributed by atoms with Gasteiger partial charge in [-0.15, -0.1) is 11.8 Å². The molecule has 1 fully saturated rings. The zero-order valence-electron chi connectivity index (χ0n) is 21.8. The maximum atomic E-state index is 13.2. The van der Waals surface area contributed by atoms with Gasteiger partial charge in [0.25, 0.3) is 0 Å². The van der Waals surface area contributed by atoms with Crippen LogP contribution in [0.1, 0.15) is 50.2 Å². The first kappa shape index (κ1) is 28.9. The summed E-state index contributed by atoms with van der Waals surface area (Å²) in [5, 5.41) is 2.75. The molecule has 0 saturated carbocycles. The molecule has 1 unspecified atom stereocenters. The van der Waals surface area contributed by atoms with Crippen molar-refractivity contribution < 1.29 is 4.79 Å². The van der Waals surface area contributed by atoms with Crippen molar-refractivity contribution in [2.24, 2.45) is 11.7 Å². The van der Waals surface area contributed by atoms with Crippen LogP contribution < -0.4 is 11.1 Å². The first-order chi connectivity index (χ1) is 16.9. The molecule has 0 aromatic heterocycles. The van der Waals surface area contributed by atoms with Gasteiger partial charge in [-0.25, -0.2) is 0 Å². The molecule has 1 heterocycles. The number of hydrogen-bond donors (Lipinski definition) is 2. The van der Waals surface area contributed by atoms with Gasteiger partial charge in [0.1, 0.15) is 5.41 Å². The average molecular weight is 494 g/mol. The lowest BCUT2D eigenvalue weighted by molar-refractivity contribution is -0.123. The fourth-order valence-electron chi connectivity index (χ4n) is 5.00. The molecule has 3 N–H and O–H groups in total. The number of nitrogens with zero attached hydrogens (tertiary/aromatic N) is 1. The van der Waals surface area contributed by atoms with E-state index in [2.05, 4.69) is 30.3 Å². The minimum Gasteiger partial charge on any atom is -0.369 e. The Morgan fingerprint density at radius 3 is 2.03 bits per heavy atom. The lowest BCUT2D eigenvalue weighted by Gasteiger charge is -2.37. The second-order valence-corrected chi connectivity index (χ2v) is 10.6. The number of amides is 1. The van der Waals surface area contributed by atoms with Crippen LogP contribution in [-0.2, 0) is 10.2 Å². The summed E-state index contributed by atoms with van der Waals surface area (Å²) in [6.45, 7) is 13.4. The minimum atomic E-state index is -0.811. The van der Waals surface area contributed by atoms with Crippen molar-refractivity contribution in [2.45, 2.75) is 44.4 Å². The molecule has 5 heteroatoms. The molecule has 1 aliphatic heterocycles. The third kappa shape index (κ3) is 7.83. The molecule has 1 amide bonds. The second-order valence-electron chi connectivity index (χ2n) is 9.22. The van der Waals surface area contributed by atoms with E-state index in [0.29, 0.717) is 0 Å². The lowest BCUT2D eigenvalue weighted by Crippen LogP contribution is -2.49. The van der Waals surface area contributed by atoms with Crippen LogP contribution in [0.5, 0.6) is 0 Å². The van der Waals surface area contributed by atoms with Crippen molar-refractivity contribution in [1.29, 1.82) is 0 Å². The molecule has 0 aliphatic carbocycles. The first-order valence-corrected chi connectivity index (χ1v) is 13.5. The molecule has 1 saturated heterocycles. The smallest absolute Gasteiger partial charge is 0.232 e. The van der Waals surface area contributed by atoms with Gasteiger partial charge >= 0.3 is 0 Å². The number of rotatable bonds is 12. The lowest BCUT2D eigenvalue weighted by atomic mass is 9.64. The monoisotopic (exact) mass is 493 g/mol. The van der Waals surface area contributed by atoms with Crippen LogP contribution in [0.15, 0.2) is 83.6 Å². The average Bonchev–Trinajstić information content (AvgIpc) is 3.30. The van der Waals surface area contributed by atoms with E-state index < -0.39 is 5.41 Å². The highest BCUT2D eigenvalue weighted by Crippen LogP contribution is 2.43. The number of nitrogens with two attached hydrogens (primary N) is 1. The summed E-state index contributed by atoms with van der Waals surface area (Å²) in [5.41, 5.74) is 7.36. The topological polar surface area (TPSA) is 58.4 Å². The number of allylic oxidation sites excluding steroid dienone is 2. The van der Waals surface area contributed by atoms with E-state index >= 15 is 0 Å². The zero-order chi connectivity index (χ0) is 25.7. The Kier molecular flexibility index (Phi) is 12.3. The van der Waals surface area contributed by atoms with Gasteiger partial charge in [-0.2, -0.15) is 0 Å². The highest BCUT2D eigenvalue weighted by Gasteiger charge is 2.49. The van der Waals surface area contributed by atoms with Gasteiger partial charge < -0.3 is 16.0 Å². The van der Waals surface area contributed by atoms with Crippen molar-refractivity contribution in [1.82, 2.24) is 10.2 Å². The Bertz CT molecular complexity index is 890. The zero-order valence-corrected chi connectivity index (χ0v) is 22.6. The quantitative estimate of drug-likeness (QED) is 0.383. The van der Waals surface area contributed by atoms with Crippen LogP contribution in [0, 0.1) is 5.92 Å². The van der Waals surface area contributed by atoms with E-state index in [0.717, 1.165) is 62.9 Å². The molecule has 2 aromatic rings. The molecule has 0 bridgehead atoms. The van der Waals surface area contributed by atoms with Crippen LogP contribution in [0.2, 0.25) is 0 Å². The third-order valence-electron chi connectivity index (χ3n) is 6.48. The summed E-state index contributed by atoms with van der Waals surface area (Å²) in [5.74, 6) is -0.118. The van der Waals surface area contributed by atoms with Gasteiger partial charge in [0.05, 0.1) is 0 Å². The molecular formula is C30H43N3OS. The molecule has 0 radical (unpaired) electrons. The summed E-state index contributed by atoms with van der Waals surface area (Å²) in [6, 6.07) is 20.2. The molecule has 35 heavy (non-hydrogen) atoms. The molecule has 3 rings (SSSR count). The van der Waals surface area contributed by atoms with Crippen LogP contribution in [0.3, 0.4) is 0 Å². The highest BCUT2D eigenvalue weighted by atomic mass is 32.2. The van der Waals surface area contributed by atoms with Crippen molar-refractivity contribution in [3.63, 3.8) is 0 Å². The molecular weight excluding hydrogens is 450 g/mol. The van der Waals surface area contributed by atoms with Crippen molar-refractivity contribution >= 4 is 17.7 Å². The Morgan fingerprint density at radius 1 is 1.03 bits per heavy atom. The Balaban J connectivity index is 0.00000137. The molecule has 2 aromatic carbocycles. The third-order valence-corrected chi connectivity index (χ3v) is 7.46. The van der Waals surface area contributed by atoms with Crippen LogP contribution in [0.25, 0.3) is 0 Å². The van der Waals surface area contributed by atoms with Gasteiger partial charge in [0, 0.05) is 6.54 Å². The van der Waals surface area contributed by atoms with Crippen LogP contribution >= 0.6 is 11.8 Å². The number of nitrogens with one attached hydrogen (secondary N) is 1. The van der Waals surface area contributed by atoms with Crippen LogP contribution in [-0.4, -0.2) is 44.5 Å². The number of hydrogen-bond acceptors (Lipinski definition) is 4. The second kappa shape index (κ2) is 14.9. The number of carbonyl (C=O) groups is 1. The van der Waals surface area contributed by atoms with Gasteiger partial charge in [0.15, 0.2) is 0 Å². The van der Waals surface area contributed by atoms with Gasteiger partial charge in [-0.3, -0.25) is 4.79 Å². The summed E-state index contributed by atoms with van der Waals surface area (Å²) in [4.78, 5) is 18.0. The Labute approximate surface area is 217 Å². The van der Waals surface area contributed by atoms with Crippen molar-refractivity contribution in [2.75, 3.05) is 33.7 Å². The maximum Gasteiger partial charge on any atom is 0.232 e. The van der Waals surface area contributed by atoms with E-state index in [9.17, 15) is 4.79 Å². The largest absolute Gasteiger partial charge is 0.369 e. The van der Waals surface area contributed by atoms with Gasteiger partial charge in [0.2, 0.25) is 5.91 Å². The minimum absolute atomic E-state index is 0.145. The van der Waals surface area contributed by atoms with Crippen molar-refractivity contribution in [3.05, 3.63) is 94.8 Å². The predicted molar refractivity (Wildman–Crippen MR) is 152 cm³/mol. The number of likely N-dealkylation sites (tertiary alicyclic amines) is 1. The SMILES string of the molecule is C=C(CCC)SC(=C)CCCN1CCC(C(C(N)=O)(c2ccccc2)c2ccccc2)C1.CNC. The first-order valence-electron chi connectivity index (χ1n) is 12.6. The molecule has 4 nitrogen and oxygen atoms in total. The summed E-state index contributed by atoms with van der Waals surface area (Å²) < 4.78 is 0. The Hall–Kier alpha value is -2.34. The van der Waals surface area contributed by atoms with E-state index in [4.69, 9.17) is 5.73 Å². The normalized spacial score (nSPS) is 15.8. The number of primary amides is 1. The van der Waals surface area contributed by atoms with E-state index in [1.807, 2.05) is 74.8 Å². The van der Waals surface area contributed by atoms with Gasteiger partial charge in [-0.1, -0.05) is 87.2 Å². The van der Waals surface area contributed by atoms with Gasteiger partial charge in [-0.05, 0) is 79.7 Å². The van der Waals surface area contributed by atoms with Crippen LogP contribution in [0.4, 0.5) is 0 Å². The molecule has 1 atom stereocenters. The molecule has 1 aliphatic rings. The summed E-state index contributed by atoms with van der Waals surface area (Å²) in [7, 11) is 3.75. The highest BCUT2D eigenvalue weighted by molar-refractivity contribution is 8.06. The fraction of sp³-hybridized carbons (Fsp3) is 0.433. The standard InChI is InChI=1S/C28H36N2OS.C2H7N/c1-4-12-22(2)32-23(3)13-11-19-30-20-18-26(21-30)28(27(29)31,24-14-7-5-8-15-24)25-16-9-6-10-17-25;1-3-2/h5-10,14-17,26H,2-4,11-13,18-21H2,1H3,(H2,29,31);3H,1-2H3. The molecule has 190 valence electrons. The van der Waals surface area contributed by atoms with E-state index in [1.165, 1.54) is 9.81 Å². The number of benzene rings is 2. The van der Waals surface area contributed by atoms with E-state index in [-0.39, 0.29) is 11.8 Å². The summed E-state index contributed by atoms with van der Waals surface area (Å²) in [6.07, 6.45) is 5.19. The summed E-state index contributed by atoms with van der Waals surface area (Å²) >= 11 is 1.74. The molecule has 0 spiro atoms. The number of carbonyl (C=O) groups excluding carboxylic acids is 1. The number of thioether (sulfide) groups is 1. The van der Waals surface area contributed by atoms with Crippen molar-refractivity contribution in [3.8, 4) is 0 Å². The van der Waals surface area contributed by atoms with E-state index in [1.54, 1.807) is 11.8 Å². The Morgan fingerprint density at radius 2 is 1.54 bits per heavy atom.